The zero-order valence-electron chi connectivity index (χ0n) is 11.1. The number of furan rings is 1. The van der Waals surface area contributed by atoms with Crippen LogP contribution in [-0.2, 0) is 10.5 Å². The number of carbonyl (C=O) groups excluding carboxylic acids is 1. The summed E-state index contributed by atoms with van der Waals surface area (Å²) in [6.07, 6.45) is 1.91. The minimum Gasteiger partial charge on any atom is -0.480 e. The Balaban J connectivity index is 2.06. The fourth-order valence-electron chi connectivity index (χ4n) is 2.29. The fraction of sp³-hybridized carbons (Fsp3) is 0.538. The highest BCUT2D eigenvalue weighted by Gasteiger charge is 2.33. The lowest BCUT2D eigenvalue weighted by Crippen LogP contribution is -2.47. The Labute approximate surface area is 124 Å². The average molecular weight is 319 g/mol. The highest BCUT2D eigenvalue weighted by atomic mass is 32.2. The van der Waals surface area contributed by atoms with Gasteiger partial charge in [-0.1, -0.05) is 11.8 Å². The van der Waals surface area contributed by atoms with Crippen LogP contribution in [-0.4, -0.2) is 40.2 Å². The molecule has 5 nitrogen and oxygen atoms in total. The Hall–Kier alpha value is -1.57. The number of rotatable bonds is 5. The zero-order chi connectivity index (χ0) is 15.4. The summed E-state index contributed by atoms with van der Waals surface area (Å²) in [6.45, 7) is 0.359. The summed E-state index contributed by atoms with van der Waals surface area (Å²) in [5.41, 5.74) is 0. The van der Waals surface area contributed by atoms with Gasteiger partial charge in [-0.05, 0) is 31.4 Å². The normalized spacial score (nSPS) is 19.0. The molecule has 1 N–H and O–H groups in total. The van der Waals surface area contributed by atoms with Crippen LogP contribution in [0.1, 0.15) is 35.6 Å². The van der Waals surface area contributed by atoms with Gasteiger partial charge in [0, 0.05) is 6.54 Å². The summed E-state index contributed by atoms with van der Waals surface area (Å²) in [5.74, 6) is -3.82. The first kappa shape index (κ1) is 15.8. The molecule has 1 saturated heterocycles. The fourth-order valence-corrected chi connectivity index (χ4v) is 2.73. The Morgan fingerprint density at radius 2 is 2.19 bits per heavy atom. The van der Waals surface area contributed by atoms with E-state index in [1.165, 1.54) is 17.0 Å². The Morgan fingerprint density at radius 1 is 1.43 bits per heavy atom. The van der Waals surface area contributed by atoms with Gasteiger partial charge < -0.3 is 14.4 Å². The van der Waals surface area contributed by atoms with E-state index in [1.807, 2.05) is 0 Å². The van der Waals surface area contributed by atoms with Gasteiger partial charge in [-0.3, -0.25) is 4.79 Å². The largest absolute Gasteiger partial charge is 0.480 e. The van der Waals surface area contributed by atoms with E-state index in [4.69, 9.17) is 9.52 Å². The molecule has 0 spiro atoms. The van der Waals surface area contributed by atoms with Crippen LogP contribution in [0.4, 0.5) is 8.78 Å². The van der Waals surface area contributed by atoms with Crippen LogP contribution in [0.3, 0.4) is 0 Å². The van der Waals surface area contributed by atoms with Gasteiger partial charge in [-0.15, -0.1) is 0 Å². The number of hydrogen-bond donors (Lipinski definition) is 1. The van der Waals surface area contributed by atoms with Gasteiger partial charge >= 0.3 is 5.97 Å². The topological polar surface area (TPSA) is 70.8 Å². The van der Waals surface area contributed by atoms with E-state index in [0.717, 1.165) is 12.8 Å². The molecule has 1 aliphatic rings. The van der Waals surface area contributed by atoms with Crippen molar-refractivity contribution in [2.75, 3.05) is 6.54 Å². The van der Waals surface area contributed by atoms with Crippen molar-refractivity contribution >= 4 is 23.6 Å². The highest BCUT2D eigenvalue weighted by Crippen LogP contribution is 2.24. The number of likely N-dealkylation sites (tertiary alicyclic amines) is 1. The number of carbonyl (C=O) groups is 2. The molecule has 8 heteroatoms. The smallest absolute Gasteiger partial charge is 0.326 e. The van der Waals surface area contributed by atoms with Gasteiger partial charge in [0.05, 0.1) is 5.75 Å². The first-order valence-electron chi connectivity index (χ1n) is 6.51. The average Bonchev–Trinajstić information content (AvgIpc) is 2.93. The molecule has 0 bridgehead atoms. The molecule has 0 radical (unpaired) electrons. The van der Waals surface area contributed by atoms with Crippen LogP contribution in [0, 0.1) is 0 Å². The molecule has 0 saturated carbocycles. The zero-order valence-corrected chi connectivity index (χ0v) is 11.9. The van der Waals surface area contributed by atoms with E-state index in [9.17, 15) is 18.4 Å². The molecule has 1 aliphatic heterocycles. The number of piperidine rings is 1. The van der Waals surface area contributed by atoms with Crippen molar-refractivity contribution < 1.29 is 27.9 Å². The van der Waals surface area contributed by atoms with Crippen molar-refractivity contribution in [1.29, 1.82) is 0 Å². The molecule has 1 aromatic heterocycles. The van der Waals surface area contributed by atoms with Crippen LogP contribution in [0.15, 0.2) is 16.5 Å². The molecule has 116 valence electrons. The second-order valence-corrected chi connectivity index (χ2v) is 5.66. The van der Waals surface area contributed by atoms with Crippen LogP contribution in [0.5, 0.6) is 0 Å². The number of halogens is 2. The van der Waals surface area contributed by atoms with Crippen LogP contribution in [0.25, 0.3) is 0 Å². The molecule has 1 amide bonds. The number of thioether (sulfide) groups is 1. The standard InChI is InChI=1S/C13H15F2NO4S/c14-13(15)21-7-8-4-5-10(20-8)11(17)16-6-2-1-3-9(16)12(18)19/h4-5,9,13H,1-3,6-7H2,(H,18,19)/t9-/m0/s1. The maximum Gasteiger partial charge on any atom is 0.326 e. The maximum atomic E-state index is 12.3. The lowest BCUT2D eigenvalue weighted by molar-refractivity contribution is -0.143. The van der Waals surface area contributed by atoms with E-state index in [0.29, 0.717) is 24.7 Å². The van der Waals surface area contributed by atoms with Crippen LogP contribution >= 0.6 is 11.8 Å². The third kappa shape index (κ3) is 3.96. The first-order chi connectivity index (χ1) is 9.99. The highest BCUT2D eigenvalue weighted by molar-refractivity contribution is 7.98. The van der Waals surface area contributed by atoms with Gasteiger partial charge in [0.2, 0.25) is 0 Å². The number of carboxylic acid groups (broad SMARTS) is 1. The van der Waals surface area contributed by atoms with Crippen molar-refractivity contribution in [3.63, 3.8) is 0 Å². The van der Waals surface area contributed by atoms with Crippen molar-refractivity contribution in [3.8, 4) is 0 Å². The number of nitrogens with zero attached hydrogens (tertiary/aromatic N) is 1. The van der Waals surface area contributed by atoms with Gasteiger partial charge in [0.15, 0.2) is 5.76 Å². The lowest BCUT2D eigenvalue weighted by Gasteiger charge is -2.32. The Kier molecular flexibility index (Phi) is 5.22. The molecule has 1 atom stereocenters. The molecule has 2 heterocycles. The number of amides is 1. The molecule has 2 rings (SSSR count). The maximum absolute atomic E-state index is 12.3. The quantitative estimate of drug-likeness (QED) is 0.903. The summed E-state index contributed by atoms with van der Waals surface area (Å²) in [4.78, 5) is 24.7. The van der Waals surface area contributed by atoms with Crippen molar-refractivity contribution in [1.82, 2.24) is 4.90 Å². The van der Waals surface area contributed by atoms with E-state index in [-0.39, 0.29) is 17.3 Å². The predicted octanol–water partition coefficient (Wildman–Crippen LogP) is 2.81. The summed E-state index contributed by atoms with van der Waals surface area (Å²) < 4.78 is 29.4. The van der Waals surface area contributed by atoms with Crippen molar-refractivity contribution in [2.24, 2.45) is 0 Å². The molecule has 0 unspecified atom stereocenters. The SMILES string of the molecule is O=C(O)[C@@H]1CCCCN1C(=O)c1ccc(CSC(F)F)o1. The van der Waals surface area contributed by atoms with E-state index in [1.54, 1.807) is 0 Å². The molecule has 21 heavy (non-hydrogen) atoms. The predicted molar refractivity (Wildman–Crippen MR) is 72.3 cm³/mol. The van der Waals surface area contributed by atoms with Gasteiger partial charge in [-0.25, -0.2) is 4.79 Å². The van der Waals surface area contributed by atoms with Gasteiger partial charge in [-0.2, -0.15) is 8.78 Å². The molecule has 1 aromatic rings. The Bertz CT molecular complexity index is 520. The summed E-state index contributed by atoms with van der Waals surface area (Å²) in [6, 6.07) is 2.01. The van der Waals surface area contributed by atoms with Crippen molar-refractivity contribution in [3.05, 3.63) is 23.7 Å². The molecular weight excluding hydrogens is 304 g/mol. The van der Waals surface area contributed by atoms with Crippen LogP contribution in [0.2, 0.25) is 0 Å². The molecule has 1 fully saturated rings. The third-order valence-electron chi connectivity index (χ3n) is 3.27. The van der Waals surface area contributed by atoms with E-state index < -0.39 is 23.7 Å². The van der Waals surface area contributed by atoms with E-state index in [2.05, 4.69) is 0 Å². The molecule has 0 aromatic carbocycles. The summed E-state index contributed by atoms with van der Waals surface area (Å²) >= 11 is 0.404. The number of carboxylic acids is 1. The lowest BCUT2D eigenvalue weighted by atomic mass is 10.0. The molecular formula is C13H15F2NO4S. The number of hydrogen-bond acceptors (Lipinski definition) is 4. The first-order valence-corrected chi connectivity index (χ1v) is 7.56. The second kappa shape index (κ2) is 6.93. The number of aliphatic carboxylic acids is 1. The van der Waals surface area contributed by atoms with Crippen LogP contribution < -0.4 is 0 Å². The van der Waals surface area contributed by atoms with Crippen molar-refractivity contribution in [2.45, 2.75) is 36.8 Å². The minimum atomic E-state index is -2.51. The monoisotopic (exact) mass is 319 g/mol. The van der Waals surface area contributed by atoms with Gasteiger partial charge in [0.25, 0.3) is 11.7 Å². The molecule has 0 aliphatic carbocycles. The summed E-state index contributed by atoms with van der Waals surface area (Å²) in [5, 5.41) is 9.14. The van der Waals surface area contributed by atoms with E-state index >= 15 is 0 Å². The minimum absolute atomic E-state index is 0.00647. The Morgan fingerprint density at radius 3 is 2.86 bits per heavy atom. The summed E-state index contributed by atoms with van der Waals surface area (Å²) in [7, 11) is 0. The third-order valence-corrected chi connectivity index (χ3v) is 3.98. The van der Waals surface area contributed by atoms with Gasteiger partial charge in [0.1, 0.15) is 11.8 Å². The number of alkyl halides is 2. The second-order valence-electron chi connectivity index (χ2n) is 4.69.